The monoisotopic (exact) mass is 343 g/mol. The van der Waals surface area contributed by atoms with Crippen molar-refractivity contribution >= 4 is 44.5 Å². The van der Waals surface area contributed by atoms with Crippen LogP contribution in [0.1, 0.15) is 23.5 Å². The number of hydrogen-bond acceptors (Lipinski definition) is 3. The van der Waals surface area contributed by atoms with Gasteiger partial charge in [-0.15, -0.1) is 0 Å². The van der Waals surface area contributed by atoms with E-state index in [1.807, 2.05) is 37.3 Å². The van der Waals surface area contributed by atoms with Crippen molar-refractivity contribution in [3.63, 3.8) is 0 Å². The number of carbonyl (C=O) groups excluding carboxylic acids is 1. The van der Waals surface area contributed by atoms with E-state index in [9.17, 15) is 9.59 Å². The van der Waals surface area contributed by atoms with Crippen LogP contribution in [0.15, 0.2) is 41.2 Å². The van der Waals surface area contributed by atoms with Crippen molar-refractivity contribution in [2.24, 2.45) is 0 Å². The van der Waals surface area contributed by atoms with Crippen LogP contribution in [0.3, 0.4) is 0 Å². The van der Waals surface area contributed by atoms with Crippen LogP contribution >= 0.6 is 0 Å². The first-order chi connectivity index (χ1) is 12.6. The number of hydrogen-bond donors (Lipinski definition) is 1. The molecule has 1 aromatic heterocycles. The summed E-state index contributed by atoms with van der Waals surface area (Å²) < 4.78 is 5.01. The molecule has 1 aliphatic rings. The maximum absolute atomic E-state index is 12.5. The molecule has 1 N–H and O–H groups in total. The molecule has 3 aromatic carbocycles. The van der Waals surface area contributed by atoms with E-state index in [1.165, 1.54) is 7.11 Å². The van der Waals surface area contributed by atoms with E-state index in [0.717, 1.165) is 48.8 Å². The molecular weight excluding hydrogens is 326 g/mol. The lowest BCUT2D eigenvalue weighted by Gasteiger charge is -2.22. The molecule has 0 amide bonds. The second kappa shape index (κ2) is 5.18. The molecule has 0 saturated heterocycles. The minimum Gasteiger partial charge on any atom is -0.469 e. The van der Waals surface area contributed by atoms with E-state index in [0.29, 0.717) is 6.42 Å². The number of pyridine rings is 1. The number of nitrogens with one attached hydrogen (secondary N) is 1. The number of esters is 1. The van der Waals surface area contributed by atoms with Gasteiger partial charge < -0.3 is 9.72 Å². The van der Waals surface area contributed by atoms with E-state index >= 15 is 0 Å². The van der Waals surface area contributed by atoms with Gasteiger partial charge in [-0.2, -0.15) is 0 Å². The zero-order valence-electron chi connectivity index (χ0n) is 14.6. The number of ether oxygens (including phenoxy) is 1. The number of aromatic nitrogens is 1. The molecule has 5 rings (SSSR count). The smallest absolute Gasteiger partial charge is 0.313 e. The van der Waals surface area contributed by atoms with Crippen molar-refractivity contribution in [2.45, 2.75) is 19.3 Å². The third-order valence-electron chi connectivity index (χ3n) is 5.64. The van der Waals surface area contributed by atoms with E-state index < -0.39 is 0 Å². The number of rotatable bonds is 1. The lowest BCUT2D eigenvalue weighted by atomic mass is 9.83. The largest absolute Gasteiger partial charge is 0.469 e. The molecule has 1 aliphatic carbocycles. The minimum absolute atomic E-state index is 0.0741. The molecule has 4 heteroatoms. The van der Waals surface area contributed by atoms with Gasteiger partial charge in [0.1, 0.15) is 0 Å². The fraction of sp³-hybridized carbons (Fsp3) is 0.182. The average Bonchev–Trinajstić information content (AvgIpc) is 2.68. The Kier molecular flexibility index (Phi) is 3.02. The van der Waals surface area contributed by atoms with Crippen LogP contribution in [-0.2, 0) is 9.53 Å². The van der Waals surface area contributed by atoms with Crippen molar-refractivity contribution in [3.05, 3.63) is 63.1 Å². The van der Waals surface area contributed by atoms with Gasteiger partial charge in [0.25, 0.3) is 5.56 Å². The summed E-state index contributed by atoms with van der Waals surface area (Å²) in [6.45, 7) is 1.86. The quantitative estimate of drug-likeness (QED) is 0.328. The molecule has 0 fully saturated rings. The molecule has 0 saturated carbocycles. The fourth-order valence-electron chi connectivity index (χ4n) is 4.40. The molecule has 1 atom stereocenters. The maximum atomic E-state index is 12.5. The van der Waals surface area contributed by atoms with Crippen molar-refractivity contribution in [1.82, 2.24) is 4.98 Å². The average molecular weight is 343 g/mol. The van der Waals surface area contributed by atoms with Gasteiger partial charge in [0.2, 0.25) is 0 Å². The first-order valence-corrected chi connectivity index (χ1v) is 8.69. The summed E-state index contributed by atoms with van der Waals surface area (Å²) in [7, 11) is 1.42. The predicted octanol–water partition coefficient (Wildman–Crippen LogP) is 3.30. The van der Waals surface area contributed by atoms with Crippen LogP contribution in [0.4, 0.5) is 0 Å². The number of benzene rings is 3. The fourth-order valence-corrected chi connectivity index (χ4v) is 4.40. The first kappa shape index (κ1) is 15.1. The highest BCUT2D eigenvalue weighted by Gasteiger charge is 2.27. The van der Waals surface area contributed by atoms with Gasteiger partial charge in [-0.1, -0.05) is 42.5 Å². The Morgan fingerprint density at radius 3 is 2.62 bits per heavy atom. The molecule has 0 radical (unpaired) electrons. The van der Waals surface area contributed by atoms with Gasteiger partial charge in [-0.3, -0.25) is 9.59 Å². The molecule has 1 heterocycles. The summed E-state index contributed by atoms with van der Waals surface area (Å²) in [5, 5.41) is 6.32. The molecule has 0 bridgehead atoms. The summed E-state index contributed by atoms with van der Waals surface area (Å²) in [5.41, 5.74) is 2.46. The Morgan fingerprint density at radius 2 is 1.81 bits per heavy atom. The Balaban J connectivity index is 2.09. The summed E-state index contributed by atoms with van der Waals surface area (Å²) in [5.74, 6) is -0.535. The van der Waals surface area contributed by atoms with Crippen LogP contribution in [0.25, 0.3) is 38.5 Å². The van der Waals surface area contributed by atoms with Crippen LogP contribution in [0.5, 0.6) is 0 Å². The second-order valence-electron chi connectivity index (χ2n) is 6.88. The van der Waals surface area contributed by atoms with Gasteiger partial charge in [-0.25, -0.2) is 0 Å². The third-order valence-corrected chi connectivity index (χ3v) is 5.64. The Bertz CT molecular complexity index is 1350. The number of carbonyl (C=O) groups is 1. The third kappa shape index (κ3) is 1.79. The molecule has 0 spiro atoms. The molecule has 4 nitrogen and oxygen atoms in total. The van der Waals surface area contributed by atoms with Gasteiger partial charge in [-0.05, 0) is 40.3 Å². The molecule has 26 heavy (non-hydrogen) atoms. The lowest BCUT2D eigenvalue weighted by molar-refractivity contribution is -0.142. The number of fused-ring (bicyclic) bond motifs is 2. The van der Waals surface area contributed by atoms with Crippen molar-refractivity contribution in [1.29, 1.82) is 0 Å². The molecule has 128 valence electrons. The van der Waals surface area contributed by atoms with Crippen LogP contribution < -0.4 is 10.8 Å². The van der Waals surface area contributed by atoms with E-state index in [4.69, 9.17) is 4.74 Å². The number of aromatic amines is 1. The molecular formula is C22H17NO3. The van der Waals surface area contributed by atoms with Crippen molar-refractivity contribution in [2.75, 3.05) is 7.11 Å². The van der Waals surface area contributed by atoms with Crippen molar-refractivity contribution in [3.8, 4) is 0 Å². The molecule has 1 unspecified atom stereocenters. The van der Waals surface area contributed by atoms with Gasteiger partial charge in [0.15, 0.2) is 0 Å². The normalized spacial score (nSPS) is 16.2. The summed E-state index contributed by atoms with van der Waals surface area (Å²) >= 11 is 0. The highest BCUT2D eigenvalue weighted by Crippen LogP contribution is 2.36. The standard InChI is InChI=1S/C22H17NO3/c1-11-12-5-3-6-13-15-9-10-16(22(25)26-2)14-7-4-8-17(18(14)15)20(19(12)13)23-21(11)24/h3-9,16H,10H2,1-2H3,(H,23,24). The molecule has 0 aliphatic heterocycles. The second-order valence-corrected chi connectivity index (χ2v) is 6.88. The Labute approximate surface area is 149 Å². The number of H-pyrrole nitrogens is 1. The predicted molar refractivity (Wildman–Crippen MR) is 103 cm³/mol. The summed E-state index contributed by atoms with van der Waals surface area (Å²) in [4.78, 5) is 27.8. The summed E-state index contributed by atoms with van der Waals surface area (Å²) in [6, 6.07) is 12.0. The van der Waals surface area contributed by atoms with Crippen LogP contribution in [-0.4, -0.2) is 18.1 Å². The van der Waals surface area contributed by atoms with E-state index in [2.05, 4.69) is 17.1 Å². The number of methoxy groups -OCH3 is 1. The zero-order valence-corrected chi connectivity index (χ0v) is 14.6. The van der Waals surface area contributed by atoms with Crippen LogP contribution in [0, 0.1) is 6.92 Å². The first-order valence-electron chi connectivity index (χ1n) is 8.69. The topological polar surface area (TPSA) is 59.2 Å². The van der Waals surface area contributed by atoms with Gasteiger partial charge in [0.05, 0.1) is 18.5 Å². The highest BCUT2D eigenvalue weighted by molar-refractivity contribution is 6.21. The Morgan fingerprint density at radius 1 is 1.08 bits per heavy atom. The zero-order chi connectivity index (χ0) is 18.0. The van der Waals surface area contributed by atoms with Gasteiger partial charge in [0, 0.05) is 16.3 Å². The maximum Gasteiger partial charge on any atom is 0.313 e. The Hall–Kier alpha value is -3.14. The van der Waals surface area contributed by atoms with E-state index in [-0.39, 0.29) is 17.4 Å². The van der Waals surface area contributed by atoms with Gasteiger partial charge >= 0.3 is 5.97 Å². The van der Waals surface area contributed by atoms with Crippen LogP contribution in [0.2, 0.25) is 0 Å². The van der Waals surface area contributed by atoms with Crippen molar-refractivity contribution < 1.29 is 9.53 Å². The van der Waals surface area contributed by atoms with E-state index in [1.54, 1.807) is 0 Å². The minimum atomic E-state index is -0.309. The lowest BCUT2D eigenvalue weighted by Crippen LogP contribution is -2.22. The highest BCUT2D eigenvalue weighted by atomic mass is 16.5. The molecule has 4 aromatic rings. The summed E-state index contributed by atoms with van der Waals surface area (Å²) in [6.07, 6.45) is 2.75. The SMILES string of the molecule is COC(=O)C1CC=c2c3cccc4c(C)c(=O)[nH]c(c5cccc1c25)c43. The number of aryl methyl sites for hydroxylation is 1.